The van der Waals surface area contributed by atoms with Crippen LogP contribution in [0.3, 0.4) is 0 Å². The monoisotopic (exact) mass is 417 g/mol. The first-order valence-electron chi connectivity index (χ1n) is 9.07. The average Bonchev–Trinajstić information content (AvgIpc) is 3.10. The van der Waals surface area contributed by atoms with Crippen LogP contribution < -0.4 is 4.74 Å². The van der Waals surface area contributed by atoms with Gasteiger partial charge in [-0.15, -0.1) is 10.2 Å². The van der Waals surface area contributed by atoms with Gasteiger partial charge in [0.1, 0.15) is 5.75 Å². The van der Waals surface area contributed by atoms with E-state index in [0.29, 0.717) is 23.4 Å². The molecule has 0 saturated carbocycles. The van der Waals surface area contributed by atoms with Crippen molar-refractivity contribution in [1.82, 2.24) is 14.8 Å². The number of ether oxygens (including phenoxy) is 1. The molecule has 0 radical (unpaired) electrons. The summed E-state index contributed by atoms with van der Waals surface area (Å²) >= 11 is 1.22. The highest BCUT2D eigenvalue weighted by atomic mass is 32.2. The first-order valence-corrected chi connectivity index (χ1v) is 10.1. The van der Waals surface area contributed by atoms with E-state index < -0.39 is 11.6 Å². The summed E-state index contributed by atoms with van der Waals surface area (Å²) in [6, 6.07) is 10.7. The smallest absolute Gasteiger partial charge is 0.191 e. The lowest BCUT2D eigenvalue weighted by molar-refractivity contribution is 0.102. The number of Topliss-reactive ketones (excluding diaryl/α,β-unsaturated/α-hetero) is 1. The normalized spacial score (nSPS) is 11.1. The third-order valence-corrected chi connectivity index (χ3v) is 5.15. The van der Waals surface area contributed by atoms with E-state index in [1.807, 2.05) is 28.8 Å². The lowest BCUT2D eigenvalue weighted by atomic mass is 10.1. The quantitative estimate of drug-likeness (QED) is 0.387. The first-order chi connectivity index (χ1) is 13.9. The average molecular weight is 417 g/mol. The molecule has 0 saturated heterocycles. The molecule has 0 fully saturated rings. The van der Waals surface area contributed by atoms with Crippen molar-refractivity contribution in [2.75, 3.05) is 12.9 Å². The molecule has 0 bridgehead atoms. The molecule has 0 N–H and O–H groups in total. The number of methoxy groups -OCH3 is 1. The van der Waals surface area contributed by atoms with E-state index in [2.05, 4.69) is 24.0 Å². The van der Waals surface area contributed by atoms with Gasteiger partial charge in [0.05, 0.1) is 12.9 Å². The van der Waals surface area contributed by atoms with E-state index in [-0.39, 0.29) is 17.1 Å². The number of aromatic nitrogens is 3. The summed E-state index contributed by atoms with van der Waals surface area (Å²) in [7, 11) is 1.61. The number of ketones is 1. The number of nitrogens with zero attached hydrogens (tertiary/aromatic N) is 3. The number of hydrogen-bond donors (Lipinski definition) is 0. The first kappa shape index (κ1) is 21.0. The molecule has 0 unspecified atom stereocenters. The van der Waals surface area contributed by atoms with Gasteiger partial charge in [-0.3, -0.25) is 4.79 Å². The van der Waals surface area contributed by atoms with Gasteiger partial charge in [0.2, 0.25) is 0 Å². The predicted molar refractivity (Wildman–Crippen MR) is 108 cm³/mol. The second-order valence-electron chi connectivity index (χ2n) is 6.88. The number of thioether (sulfide) groups is 1. The van der Waals surface area contributed by atoms with Crippen LogP contribution in [0.4, 0.5) is 8.78 Å². The molecule has 1 aromatic heterocycles. The molecule has 0 atom stereocenters. The molecule has 0 aliphatic rings. The third kappa shape index (κ3) is 5.00. The van der Waals surface area contributed by atoms with E-state index >= 15 is 0 Å². The fraction of sp³-hybridized carbons (Fsp3) is 0.286. The minimum absolute atomic E-state index is 0.0455. The lowest BCUT2D eigenvalue weighted by Gasteiger charge is -2.12. The third-order valence-electron chi connectivity index (χ3n) is 4.19. The summed E-state index contributed by atoms with van der Waals surface area (Å²) < 4.78 is 33.6. The highest BCUT2D eigenvalue weighted by molar-refractivity contribution is 7.99. The predicted octanol–water partition coefficient (Wildman–Crippen LogP) is 4.86. The number of benzene rings is 2. The summed E-state index contributed by atoms with van der Waals surface area (Å²) in [5.74, 6) is -0.493. The minimum Gasteiger partial charge on any atom is -0.497 e. The van der Waals surface area contributed by atoms with Crippen LogP contribution in [0.1, 0.15) is 24.2 Å². The molecule has 152 valence electrons. The van der Waals surface area contributed by atoms with Crippen LogP contribution in [0.15, 0.2) is 47.6 Å². The molecule has 8 heteroatoms. The van der Waals surface area contributed by atoms with E-state index in [1.165, 1.54) is 17.8 Å². The van der Waals surface area contributed by atoms with Gasteiger partial charge in [-0.05, 0) is 48.4 Å². The summed E-state index contributed by atoms with van der Waals surface area (Å²) in [6.45, 7) is 4.84. The Bertz CT molecular complexity index is 1000. The van der Waals surface area contributed by atoms with Crippen molar-refractivity contribution < 1.29 is 18.3 Å². The van der Waals surface area contributed by atoms with Gasteiger partial charge in [0, 0.05) is 17.7 Å². The molecule has 29 heavy (non-hydrogen) atoms. The molecule has 0 amide bonds. The maximum atomic E-state index is 13.4. The van der Waals surface area contributed by atoms with Gasteiger partial charge in [-0.1, -0.05) is 25.6 Å². The molecule has 5 nitrogen and oxygen atoms in total. The molecule has 0 spiro atoms. The largest absolute Gasteiger partial charge is 0.497 e. The van der Waals surface area contributed by atoms with E-state index in [4.69, 9.17) is 4.74 Å². The molecule has 2 aromatic carbocycles. The van der Waals surface area contributed by atoms with Gasteiger partial charge in [-0.2, -0.15) is 0 Å². The molecule has 1 heterocycles. The Labute approximate surface area is 172 Å². The zero-order valence-corrected chi connectivity index (χ0v) is 17.2. The van der Waals surface area contributed by atoms with Crippen molar-refractivity contribution in [1.29, 1.82) is 0 Å². The number of carbonyl (C=O) groups excluding carboxylic acids is 1. The topological polar surface area (TPSA) is 57.0 Å². The van der Waals surface area contributed by atoms with Crippen LogP contribution in [0.5, 0.6) is 5.75 Å². The number of hydrogen-bond acceptors (Lipinski definition) is 5. The zero-order chi connectivity index (χ0) is 21.0. The zero-order valence-electron chi connectivity index (χ0n) is 16.4. The summed E-state index contributed by atoms with van der Waals surface area (Å²) in [5, 5.41) is 9.14. The van der Waals surface area contributed by atoms with Crippen LogP contribution in [0.25, 0.3) is 11.4 Å². The summed E-state index contributed by atoms with van der Waals surface area (Å²) in [4.78, 5) is 12.4. The Morgan fingerprint density at radius 3 is 2.45 bits per heavy atom. The van der Waals surface area contributed by atoms with Crippen molar-refractivity contribution >= 4 is 17.5 Å². The molecule has 3 aromatic rings. The van der Waals surface area contributed by atoms with Crippen LogP contribution in [-0.4, -0.2) is 33.4 Å². The van der Waals surface area contributed by atoms with Gasteiger partial charge >= 0.3 is 0 Å². The van der Waals surface area contributed by atoms with Gasteiger partial charge in [0.25, 0.3) is 0 Å². The SMILES string of the molecule is COc1ccc(-c2nnc(SCC(=O)c3ccc(F)c(F)c3)n2CC(C)C)cc1. The van der Waals surface area contributed by atoms with Crippen molar-refractivity contribution in [2.45, 2.75) is 25.5 Å². The fourth-order valence-corrected chi connectivity index (χ4v) is 3.60. The van der Waals surface area contributed by atoms with E-state index in [1.54, 1.807) is 7.11 Å². The van der Waals surface area contributed by atoms with Crippen LogP contribution >= 0.6 is 11.8 Å². The Kier molecular flexibility index (Phi) is 6.64. The van der Waals surface area contributed by atoms with Crippen molar-refractivity contribution in [3.8, 4) is 17.1 Å². The second-order valence-corrected chi connectivity index (χ2v) is 7.82. The highest BCUT2D eigenvalue weighted by Gasteiger charge is 2.18. The van der Waals surface area contributed by atoms with Gasteiger partial charge < -0.3 is 9.30 Å². The maximum Gasteiger partial charge on any atom is 0.191 e. The van der Waals surface area contributed by atoms with Crippen LogP contribution in [0, 0.1) is 17.6 Å². The Morgan fingerprint density at radius 1 is 1.10 bits per heavy atom. The van der Waals surface area contributed by atoms with Crippen molar-refractivity contribution in [3.63, 3.8) is 0 Å². The number of rotatable bonds is 8. The lowest BCUT2D eigenvalue weighted by Crippen LogP contribution is -2.09. The Morgan fingerprint density at radius 2 is 1.83 bits per heavy atom. The Balaban J connectivity index is 1.81. The fourth-order valence-electron chi connectivity index (χ4n) is 2.76. The van der Waals surface area contributed by atoms with Gasteiger partial charge in [0.15, 0.2) is 28.4 Å². The minimum atomic E-state index is -1.04. The van der Waals surface area contributed by atoms with Crippen LogP contribution in [0.2, 0.25) is 0 Å². The summed E-state index contributed by atoms with van der Waals surface area (Å²) in [6.07, 6.45) is 0. The van der Waals surface area contributed by atoms with Crippen LogP contribution in [-0.2, 0) is 6.54 Å². The molecular weight excluding hydrogens is 396 g/mol. The summed E-state index contributed by atoms with van der Waals surface area (Å²) in [5.41, 5.74) is 1.01. The Hall–Kier alpha value is -2.74. The molecular formula is C21H21F2N3O2S. The molecule has 0 aliphatic carbocycles. The van der Waals surface area contributed by atoms with E-state index in [0.717, 1.165) is 23.4 Å². The van der Waals surface area contributed by atoms with E-state index in [9.17, 15) is 13.6 Å². The second kappa shape index (κ2) is 9.17. The van der Waals surface area contributed by atoms with Crippen molar-refractivity contribution in [2.24, 2.45) is 5.92 Å². The van der Waals surface area contributed by atoms with Crippen molar-refractivity contribution in [3.05, 3.63) is 59.7 Å². The number of halogens is 2. The maximum absolute atomic E-state index is 13.4. The highest BCUT2D eigenvalue weighted by Crippen LogP contribution is 2.27. The van der Waals surface area contributed by atoms with Gasteiger partial charge in [-0.25, -0.2) is 8.78 Å². The number of carbonyl (C=O) groups is 1. The molecule has 0 aliphatic heterocycles. The standard InChI is InChI=1S/C21H21F2N3O2S/c1-13(2)11-26-20(14-4-7-16(28-3)8-5-14)24-25-21(26)29-12-19(27)15-6-9-17(22)18(23)10-15/h4-10,13H,11-12H2,1-3H3. The molecule has 3 rings (SSSR count).